The quantitative estimate of drug-likeness (QED) is 0.391. The Hall–Kier alpha value is 0.560. The zero-order valence-corrected chi connectivity index (χ0v) is 7.76. The Morgan fingerprint density at radius 1 is 1.55 bits per heavy atom. The van der Waals surface area contributed by atoms with Gasteiger partial charge in [0.05, 0.1) is 0 Å². The zero-order chi connectivity index (χ0) is 9.07. The second-order valence-corrected chi connectivity index (χ2v) is 4.39. The molecular weight excluding hydrogens is 190 g/mol. The van der Waals surface area contributed by atoms with Crippen molar-refractivity contribution in [3.05, 3.63) is 0 Å². The van der Waals surface area contributed by atoms with Crippen LogP contribution in [0, 0.1) is 0 Å². The molecular formula is C5H12ClO4P. The highest BCUT2D eigenvalue weighted by Gasteiger charge is 2.40. The second kappa shape index (κ2) is 4.55. The molecule has 6 heteroatoms. The standard InChI is InChI=1S/C5H12ClO4P/c1-2-3-4(7)5(8,9)11(6)10/h4,7-10H,2-3H2,1H3. The summed E-state index contributed by atoms with van der Waals surface area (Å²) in [5, 5.41) is 26.9. The molecule has 0 aromatic heterocycles. The van der Waals surface area contributed by atoms with Crippen molar-refractivity contribution in [3.8, 4) is 0 Å². The summed E-state index contributed by atoms with van der Waals surface area (Å²) in [7, 11) is -2.46. The molecule has 0 saturated carbocycles. The van der Waals surface area contributed by atoms with E-state index in [0.717, 1.165) is 0 Å². The van der Waals surface area contributed by atoms with E-state index in [0.29, 0.717) is 6.42 Å². The minimum absolute atomic E-state index is 0.194. The first-order valence-corrected chi connectivity index (χ1v) is 5.40. The van der Waals surface area contributed by atoms with Gasteiger partial charge in [0.15, 0.2) is 7.50 Å². The van der Waals surface area contributed by atoms with Crippen molar-refractivity contribution in [2.24, 2.45) is 0 Å². The van der Waals surface area contributed by atoms with Crippen LogP contribution in [0.2, 0.25) is 0 Å². The molecule has 0 aromatic rings. The van der Waals surface area contributed by atoms with Gasteiger partial charge in [0.25, 0.3) is 0 Å². The average Bonchev–Trinajstić information content (AvgIpc) is 1.88. The fourth-order valence-corrected chi connectivity index (χ4v) is 1.30. The van der Waals surface area contributed by atoms with Gasteiger partial charge in [0.2, 0.25) is 5.53 Å². The normalized spacial score (nSPS) is 18.0. The first kappa shape index (κ1) is 11.6. The van der Waals surface area contributed by atoms with Crippen molar-refractivity contribution in [1.29, 1.82) is 0 Å². The topological polar surface area (TPSA) is 80.9 Å². The molecule has 0 aliphatic carbocycles. The Labute approximate surface area is 71.1 Å². The van der Waals surface area contributed by atoms with Crippen LogP contribution in [0.3, 0.4) is 0 Å². The van der Waals surface area contributed by atoms with Gasteiger partial charge in [-0.25, -0.2) is 0 Å². The number of hydrogen-bond donors (Lipinski definition) is 4. The minimum Gasteiger partial charge on any atom is -0.387 e. The Morgan fingerprint density at radius 3 is 2.27 bits per heavy atom. The summed E-state index contributed by atoms with van der Waals surface area (Å²) >= 11 is 5.06. The predicted octanol–water partition coefficient (Wildman–Crippen LogP) is 0.329. The maximum absolute atomic E-state index is 9.02. The molecule has 4 N–H and O–H groups in total. The fraction of sp³-hybridized carbons (Fsp3) is 1.00. The van der Waals surface area contributed by atoms with Crippen molar-refractivity contribution in [2.45, 2.75) is 31.4 Å². The molecule has 0 amide bonds. The van der Waals surface area contributed by atoms with Gasteiger partial charge in [0, 0.05) is 0 Å². The van der Waals surface area contributed by atoms with E-state index in [1.54, 1.807) is 6.92 Å². The third-order valence-corrected chi connectivity index (χ3v) is 2.87. The molecule has 0 saturated heterocycles. The highest BCUT2D eigenvalue weighted by molar-refractivity contribution is 7.80. The van der Waals surface area contributed by atoms with E-state index in [-0.39, 0.29) is 6.42 Å². The molecule has 68 valence electrons. The van der Waals surface area contributed by atoms with Gasteiger partial charge in [-0.05, 0) is 6.42 Å². The van der Waals surface area contributed by atoms with Gasteiger partial charge in [0.1, 0.15) is 6.10 Å². The molecule has 0 spiro atoms. The van der Waals surface area contributed by atoms with Crippen molar-refractivity contribution >= 4 is 18.7 Å². The van der Waals surface area contributed by atoms with Crippen LogP contribution in [0.5, 0.6) is 0 Å². The summed E-state index contributed by atoms with van der Waals surface area (Å²) in [4.78, 5) is 8.65. The highest BCUT2D eigenvalue weighted by Crippen LogP contribution is 2.49. The predicted molar refractivity (Wildman–Crippen MR) is 43.1 cm³/mol. The third kappa shape index (κ3) is 3.20. The second-order valence-electron chi connectivity index (χ2n) is 2.25. The summed E-state index contributed by atoms with van der Waals surface area (Å²) < 4.78 is 0. The molecule has 0 rings (SSSR count). The lowest BCUT2D eigenvalue weighted by Crippen LogP contribution is -2.39. The molecule has 0 heterocycles. The molecule has 0 aliphatic rings. The van der Waals surface area contributed by atoms with E-state index >= 15 is 0 Å². The monoisotopic (exact) mass is 202 g/mol. The van der Waals surface area contributed by atoms with Crippen LogP contribution in [-0.4, -0.2) is 31.8 Å². The summed E-state index contributed by atoms with van der Waals surface area (Å²) in [5.74, 6) is 0. The van der Waals surface area contributed by atoms with Gasteiger partial charge in [-0.15, -0.1) is 0 Å². The summed E-state index contributed by atoms with van der Waals surface area (Å²) in [6, 6.07) is 0. The third-order valence-electron chi connectivity index (χ3n) is 1.28. The number of rotatable bonds is 4. The van der Waals surface area contributed by atoms with Crippen LogP contribution in [0.15, 0.2) is 0 Å². The Balaban J connectivity index is 4.05. The van der Waals surface area contributed by atoms with Gasteiger partial charge in [-0.1, -0.05) is 24.6 Å². The molecule has 2 atom stereocenters. The molecule has 4 nitrogen and oxygen atoms in total. The van der Waals surface area contributed by atoms with Crippen molar-refractivity contribution in [2.75, 3.05) is 0 Å². The van der Waals surface area contributed by atoms with Crippen LogP contribution < -0.4 is 0 Å². The van der Waals surface area contributed by atoms with Gasteiger partial charge >= 0.3 is 0 Å². The Bertz CT molecular complexity index is 119. The van der Waals surface area contributed by atoms with Crippen LogP contribution in [0.1, 0.15) is 19.8 Å². The number of halogens is 1. The van der Waals surface area contributed by atoms with E-state index in [4.69, 9.17) is 31.5 Å². The number of hydrogen-bond acceptors (Lipinski definition) is 4. The smallest absolute Gasteiger partial charge is 0.249 e. The van der Waals surface area contributed by atoms with Crippen molar-refractivity contribution in [1.82, 2.24) is 0 Å². The van der Waals surface area contributed by atoms with Crippen LogP contribution in [0.25, 0.3) is 0 Å². The summed E-state index contributed by atoms with van der Waals surface area (Å²) in [6.07, 6.45) is -0.607. The molecule has 0 fully saturated rings. The van der Waals surface area contributed by atoms with Crippen LogP contribution in [0.4, 0.5) is 0 Å². The first-order valence-electron chi connectivity index (χ1n) is 3.20. The number of aliphatic hydroxyl groups excluding tert-OH is 1. The maximum atomic E-state index is 9.02. The zero-order valence-electron chi connectivity index (χ0n) is 6.11. The molecule has 2 unspecified atom stereocenters. The SMILES string of the molecule is CCCC(O)C(O)(O)P(O)Cl. The summed E-state index contributed by atoms with van der Waals surface area (Å²) in [5.41, 5.74) is -2.55. The molecule has 0 aliphatic heterocycles. The lowest BCUT2D eigenvalue weighted by molar-refractivity contribution is -0.162. The fourth-order valence-electron chi connectivity index (χ4n) is 0.590. The minimum atomic E-state index is -2.55. The largest absolute Gasteiger partial charge is 0.387 e. The van der Waals surface area contributed by atoms with Crippen LogP contribution >= 0.6 is 18.7 Å². The summed E-state index contributed by atoms with van der Waals surface area (Å²) in [6.45, 7) is 1.77. The van der Waals surface area contributed by atoms with Crippen molar-refractivity contribution < 1.29 is 20.2 Å². The Morgan fingerprint density at radius 2 is 2.00 bits per heavy atom. The lowest BCUT2D eigenvalue weighted by Gasteiger charge is -2.27. The van der Waals surface area contributed by atoms with E-state index in [1.807, 2.05) is 0 Å². The molecule has 0 bridgehead atoms. The van der Waals surface area contributed by atoms with Gasteiger partial charge < -0.3 is 20.2 Å². The number of aliphatic hydroxyl groups is 3. The average molecular weight is 203 g/mol. The van der Waals surface area contributed by atoms with Crippen LogP contribution in [-0.2, 0) is 0 Å². The lowest BCUT2D eigenvalue weighted by atomic mass is 10.2. The van der Waals surface area contributed by atoms with Crippen molar-refractivity contribution in [3.63, 3.8) is 0 Å². The maximum Gasteiger partial charge on any atom is 0.249 e. The van der Waals surface area contributed by atoms with E-state index < -0.39 is 19.1 Å². The molecule has 0 radical (unpaired) electrons. The molecule has 11 heavy (non-hydrogen) atoms. The van der Waals surface area contributed by atoms with E-state index in [2.05, 4.69) is 0 Å². The van der Waals surface area contributed by atoms with Gasteiger partial charge in [-0.2, -0.15) is 0 Å². The van der Waals surface area contributed by atoms with Gasteiger partial charge in [-0.3, -0.25) is 0 Å². The highest BCUT2D eigenvalue weighted by atomic mass is 35.7. The first-order chi connectivity index (χ1) is 4.92. The van der Waals surface area contributed by atoms with E-state index in [1.165, 1.54) is 0 Å². The van der Waals surface area contributed by atoms with E-state index in [9.17, 15) is 0 Å². The molecule has 0 aromatic carbocycles. The Kier molecular flexibility index (Phi) is 4.78.